The Labute approximate surface area is 181 Å². The topological polar surface area (TPSA) is 125 Å². The third kappa shape index (κ3) is 4.31. The molecule has 1 aliphatic rings. The molecule has 160 valence electrons. The first-order chi connectivity index (χ1) is 14.8. The van der Waals surface area contributed by atoms with Gasteiger partial charge in [-0.2, -0.15) is 0 Å². The Hall–Kier alpha value is -3.59. The number of fused-ring (bicyclic) bond motifs is 1. The second-order valence-corrected chi connectivity index (χ2v) is 7.81. The van der Waals surface area contributed by atoms with Crippen LogP contribution in [-0.2, 0) is 16.1 Å². The van der Waals surface area contributed by atoms with E-state index in [2.05, 4.69) is 21.0 Å². The van der Waals surface area contributed by atoms with Crippen LogP contribution < -0.4 is 21.5 Å². The summed E-state index contributed by atoms with van der Waals surface area (Å²) in [4.78, 5) is 48.3. The van der Waals surface area contributed by atoms with Crippen LogP contribution >= 0.6 is 11.6 Å². The highest BCUT2D eigenvalue weighted by Crippen LogP contribution is 2.20. The first kappa shape index (κ1) is 20.7. The number of H-pyrrole nitrogens is 1. The fourth-order valence-electron chi connectivity index (χ4n) is 3.47. The van der Waals surface area contributed by atoms with E-state index < -0.39 is 18.0 Å². The molecule has 4 rings (SSSR count). The molecule has 4 N–H and O–H groups in total. The lowest BCUT2D eigenvalue weighted by Crippen LogP contribution is -2.44. The zero-order chi connectivity index (χ0) is 22.1. The molecule has 1 atom stereocenters. The second kappa shape index (κ2) is 8.27. The highest BCUT2D eigenvalue weighted by atomic mass is 35.5. The van der Waals surface area contributed by atoms with Gasteiger partial charge < -0.3 is 10.6 Å². The van der Waals surface area contributed by atoms with Gasteiger partial charge >= 0.3 is 6.03 Å². The molecule has 10 heteroatoms. The molecule has 2 aromatic carbocycles. The Bertz CT molecular complexity index is 1260. The number of nitrogens with one attached hydrogen (secondary N) is 4. The van der Waals surface area contributed by atoms with Gasteiger partial charge in [-0.05, 0) is 48.7 Å². The minimum atomic E-state index is -0.758. The largest absolute Gasteiger partial charge is 0.334 e. The Morgan fingerprint density at radius 3 is 2.74 bits per heavy atom. The van der Waals surface area contributed by atoms with E-state index in [4.69, 9.17) is 11.6 Å². The highest BCUT2D eigenvalue weighted by molar-refractivity contribution is 6.31. The van der Waals surface area contributed by atoms with Gasteiger partial charge in [0.05, 0.1) is 10.9 Å². The fourth-order valence-corrected chi connectivity index (χ4v) is 3.65. The van der Waals surface area contributed by atoms with Crippen molar-refractivity contribution in [3.8, 4) is 0 Å². The molecule has 1 fully saturated rings. The first-order valence-corrected chi connectivity index (χ1v) is 10.1. The predicted molar refractivity (Wildman–Crippen MR) is 116 cm³/mol. The summed E-state index contributed by atoms with van der Waals surface area (Å²) in [5.41, 5.74) is 2.47. The summed E-state index contributed by atoms with van der Waals surface area (Å²) in [5.74, 6) is -0.843. The first-order valence-electron chi connectivity index (χ1n) is 9.69. The van der Waals surface area contributed by atoms with Crippen molar-refractivity contribution < 1.29 is 14.4 Å². The van der Waals surface area contributed by atoms with Crippen LogP contribution in [0.3, 0.4) is 0 Å². The van der Waals surface area contributed by atoms with Crippen LogP contribution in [0.1, 0.15) is 30.0 Å². The Balaban J connectivity index is 1.46. The number of amides is 4. The lowest BCUT2D eigenvalue weighted by molar-refractivity contribution is -0.136. The number of aryl methyl sites for hydroxylation is 1. The maximum atomic E-state index is 12.7. The molecule has 0 saturated carbocycles. The number of hydrogen-bond donors (Lipinski definition) is 4. The number of carbonyl (C=O) groups excluding carboxylic acids is 3. The van der Waals surface area contributed by atoms with E-state index in [9.17, 15) is 19.2 Å². The molecule has 0 unspecified atom stereocenters. The average Bonchev–Trinajstić information content (AvgIpc) is 3.05. The standard InChI is InChI=1S/C21H20ClN5O4/c1-11-2-4-13(9-15(11)22)24-21(31)23-10-12-3-5-14-16(8-12)26-27(20(14)30)17-6-7-18(28)25-19(17)29/h2-5,8-9,17,26H,6-7,10H2,1H3,(H2,23,24,31)(H,25,28,29)/t17-/m0/s1. The minimum Gasteiger partial charge on any atom is -0.334 e. The van der Waals surface area contributed by atoms with Gasteiger partial charge in [0, 0.05) is 23.7 Å². The quantitative estimate of drug-likeness (QED) is 0.464. The average molecular weight is 442 g/mol. The molecule has 1 aromatic heterocycles. The van der Waals surface area contributed by atoms with Crippen molar-refractivity contribution in [2.45, 2.75) is 32.4 Å². The Morgan fingerprint density at radius 1 is 1.19 bits per heavy atom. The van der Waals surface area contributed by atoms with Crippen molar-refractivity contribution in [1.82, 2.24) is 20.4 Å². The van der Waals surface area contributed by atoms with Gasteiger partial charge in [-0.15, -0.1) is 0 Å². The van der Waals surface area contributed by atoms with Gasteiger partial charge in [-0.3, -0.25) is 24.8 Å². The van der Waals surface area contributed by atoms with Crippen molar-refractivity contribution in [2.75, 3.05) is 5.32 Å². The summed E-state index contributed by atoms with van der Waals surface area (Å²) in [6.45, 7) is 2.10. The van der Waals surface area contributed by atoms with E-state index in [1.54, 1.807) is 30.3 Å². The van der Waals surface area contributed by atoms with E-state index in [1.165, 1.54) is 4.68 Å². The van der Waals surface area contributed by atoms with Crippen molar-refractivity contribution >= 4 is 46.0 Å². The summed E-state index contributed by atoms with van der Waals surface area (Å²) < 4.78 is 1.25. The molecule has 2 heterocycles. The lowest BCUT2D eigenvalue weighted by Gasteiger charge is -2.20. The van der Waals surface area contributed by atoms with Gasteiger partial charge in [0.15, 0.2) is 0 Å². The summed E-state index contributed by atoms with van der Waals surface area (Å²) in [5, 5.41) is 11.6. The van der Waals surface area contributed by atoms with E-state index in [0.717, 1.165) is 11.1 Å². The fraction of sp³-hybridized carbons (Fsp3) is 0.238. The second-order valence-electron chi connectivity index (χ2n) is 7.41. The number of halogens is 1. The summed E-state index contributed by atoms with van der Waals surface area (Å²) in [6.07, 6.45) is 0.434. The Morgan fingerprint density at radius 2 is 2.00 bits per heavy atom. The van der Waals surface area contributed by atoms with Crippen LogP contribution in [0, 0.1) is 6.92 Å². The number of piperidine rings is 1. The normalized spacial score (nSPS) is 16.3. The molecule has 0 spiro atoms. The molecule has 0 bridgehead atoms. The maximum Gasteiger partial charge on any atom is 0.319 e. The smallest absolute Gasteiger partial charge is 0.319 e. The number of carbonyl (C=O) groups is 3. The molecule has 9 nitrogen and oxygen atoms in total. The van der Waals surface area contributed by atoms with Gasteiger partial charge in [-0.25, -0.2) is 9.48 Å². The van der Waals surface area contributed by atoms with E-state index >= 15 is 0 Å². The molecule has 0 radical (unpaired) electrons. The number of nitrogens with zero attached hydrogens (tertiary/aromatic N) is 1. The SMILES string of the molecule is Cc1ccc(NC(=O)NCc2ccc3c(=O)n([C@H]4CCC(=O)NC4=O)[nH]c3c2)cc1Cl. The zero-order valence-corrected chi connectivity index (χ0v) is 17.4. The predicted octanol–water partition coefficient (Wildman–Crippen LogP) is 2.59. The number of hydrogen-bond acceptors (Lipinski definition) is 4. The van der Waals surface area contributed by atoms with E-state index in [-0.39, 0.29) is 30.9 Å². The van der Waals surface area contributed by atoms with Gasteiger partial charge in [0.25, 0.3) is 11.5 Å². The van der Waals surface area contributed by atoms with Gasteiger partial charge in [0.2, 0.25) is 5.91 Å². The van der Waals surface area contributed by atoms with Crippen LogP contribution in [0.4, 0.5) is 10.5 Å². The molecule has 1 saturated heterocycles. The summed E-state index contributed by atoms with van der Waals surface area (Å²) in [6, 6.07) is 9.21. The number of imide groups is 1. The van der Waals surface area contributed by atoms with Crippen LogP contribution in [0.5, 0.6) is 0 Å². The molecule has 0 aliphatic carbocycles. The monoisotopic (exact) mass is 441 g/mol. The van der Waals surface area contributed by atoms with Crippen LogP contribution in [-0.4, -0.2) is 27.6 Å². The summed E-state index contributed by atoms with van der Waals surface area (Å²) >= 11 is 6.07. The molecular formula is C21H20ClN5O4. The van der Waals surface area contributed by atoms with Crippen molar-refractivity contribution in [2.24, 2.45) is 0 Å². The zero-order valence-electron chi connectivity index (χ0n) is 16.6. The summed E-state index contributed by atoms with van der Waals surface area (Å²) in [7, 11) is 0. The number of urea groups is 1. The Kier molecular flexibility index (Phi) is 5.51. The number of rotatable bonds is 4. The molecule has 4 amide bonds. The van der Waals surface area contributed by atoms with Crippen LogP contribution in [0.25, 0.3) is 10.9 Å². The number of aromatic amines is 1. The van der Waals surface area contributed by atoms with Gasteiger partial charge in [-0.1, -0.05) is 23.7 Å². The molecule has 1 aliphatic heterocycles. The lowest BCUT2D eigenvalue weighted by atomic mass is 10.1. The number of anilines is 1. The van der Waals surface area contributed by atoms with E-state index in [1.807, 2.05) is 13.0 Å². The maximum absolute atomic E-state index is 12.7. The van der Waals surface area contributed by atoms with E-state index in [0.29, 0.717) is 21.6 Å². The third-order valence-corrected chi connectivity index (χ3v) is 5.59. The number of benzene rings is 2. The molecule has 3 aromatic rings. The van der Waals surface area contributed by atoms with Crippen LogP contribution in [0.15, 0.2) is 41.2 Å². The van der Waals surface area contributed by atoms with Gasteiger partial charge in [0.1, 0.15) is 6.04 Å². The van der Waals surface area contributed by atoms with Crippen LogP contribution in [0.2, 0.25) is 5.02 Å². The number of aromatic nitrogens is 2. The van der Waals surface area contributed by atoms with Crippen molar-refractivity contribution in [1.29, 1.82) is 0 Å². The molecule has 31 heavy (non-hydrogen) atoms. The third-order valence-electron chi connectivity index (χ3n) is 5.18. The molecular weight excluding hydrogens is 422 g/mol. The highest BCUT2D eigenvalue weighted by Gasteiger charge is 2.30. The van der Waals surface area contributed by atoms with Crippen molar-refractivity contribution in [3.63, 3.8) is 0 Å². The minimum absolute atomic E-state index is 0.175. The van der Waals surface area contributed by atoms with Crippen molar-refractivity contribution in [3.05, 3.63) is 62.9 Å².